The minimum absolute atomic E-state index is 0.00337. The first-order valence-electron chi connectivity index (χ1n) is 12.5. The van der Waals surface area contributed by atoms with Gasteiger partial charge in [0, 0.05) is 16.5 Å². The molecule has 0 aliphatic rings. The SMILES string of the molecule is Cc1c(C(=O)Nc2c(C(N)=O)sc3nc(C(F)(F)F)cc(-c4ccco4)c23)c(-c2ccccc2)nn1-c1ccccc1. The number of halogens is 3. The number of furan rings is 1. The number of primary amides is 1. The topological polar surface area (TPSA) is 116 Å². The summed E-state index contributed by atoms with van der Waals surface area (Å²) in [7, 11) is 0. The van der Waals surface area contributed by atoms with E-state index in [9.17, 15) is 22.8 Å². The number of para-hydroxylation sites is 1. The van der Waals surface area contributed by atoms with Gasteiger partial charge in [0.25, 0.3) is 11.8 Å². The molecule has 8 nitrogen and oxygen atoms in total. The smallest absolute Gasteiger partial charge is 0.433 e. The number of alkyl halides is 3. The molecule has 6 aromatic rings. The van der Waals surface area contributed by atoms with Gasteiger partial charge in [0.2, 0.25) is 0 Å². The lowest BCUT2D eigenvalue weighted by Crippen LogP contribution is -2.18. The molecule has 6 rings (SSSR count). The van der Waals surface area contributed by atoms with Crippen molar-refractivity contribution in [3.63, 3.8) is 0 Å². The molecule has 2 amide bonds. The van der Waals surface area contributed by atoms with Crippen LogP contribution in [0.5, 0.6) is 0 Å². The van der Waals surface area contributed by atoms with E-state index in [0.717, 1.165) is 6.07 Å². The minimum atomic E-state index is -4.77. The Hall–Kier alpha value is -5.23. The van der Waals surface area contributed by atoms with Crippen LogP contribution in [0.1, 0.15) is 31.4 Å². The number of hydrogen-bond donors (Lipinski definition) is 2. The summed E-state index contributed by atoms with van der Waals surface area (Å²) in [5, 5.41) is 7.59. The van der Waals surface area contributed by atoms with E-state index in [1.54, 1.807) is 23.7 Å². The van der Waals surface area contributed by atoms with Gasteiger partial charge in [-0.2, -0.15) is 18.3 Å². The van der Waals surface area contributed by atoms with Crippen LogP contribution in [-0.2, 0) is 6.18 Å². The second-order valence-electron chi connectivity index (χ2n) is 9.26. The average Bonchev–Trinajstić information content (AvgIpc) is 3.71. The minimum Gasteiger partial charge on any atom is -0.464 e. The molecule has 210 valence electrons. The Balaban J connectivity index is 1.56. The lowest BCUT2D eigenvalue weighted by Gasteiger charge is -2.11. The van der Waals surface area contributed by atoms with E-state index in [0.29, 0.717) is 34.0 Å². The fourth-order valence-electron chi connectivity index (χ4n) is 4.73. The number of nitrogens with one attached hydrogen (secondary N) is 1. The quantitative estimate of drug-likeness (QED) is 0.216. The van der Waals surface area contributed by atoms with Crippen molar-refractivity contribution >= 4 is 39.1 Å². The van der Waals surface area contributed by atoms with Crippen LogP contribution < -0.4 is 11.1 Å². The van der Waals surface area contributed by atoms with Gasteiger partial charge in [-0.1, -0.05) is 48.5 Å². The lowest BCUT2D eigenvalue weighted by atomic mass is 10.0. The number of pyridine rings is 1. The number of benzene rings is 2. The maximum atomic E-state index is 14.1. The van der Waals surface area contributed by atoms with E-state index in [1.807, 2.05) is 48.5 Å². The molecular formula is C30H20F3N5O3S. The highest BCUT2D eigenvalue weighted by atomic mass is 32.1. The highest BCUT2D eigenvalue weighted by Crippen LogP contribution is 2.44. The van der Waals surface area contributed by atoms with Crippen molar-refractivity contribution in [3.05, 3.63) is 107 Å². The summed E-state index contributed by atoms with van der Waals surface area (Å²) in [6.45, 7) is 1.73. The van der Waals surface area contributed by atoms with E-state index >= 15 is 0 Å². The van der Waals surface area contributed by atoms with Crippen LogP contribution in [-0.4, -0.2) is 26.6 Å². The molecular weight excluding hydrogens is 567 g/mol. The van der Waals surface area contributed by atoms with Crippen molar-refractivity contribution in [2.75, 3.05) is 5.32 Å². The summed E-state index contributed by atoms with van der Waals surface area (Å²) in [4.78, 5) is 30.1. The van der Waals surface area contributed by atoms with E-state index in [1.165, 1.54) is 18.4 Å². The van der Waals surface area contributed by atoms with Crippen LogP contribution in [0.15, 0.2) is 89.5 Å². The summed E-state index contributed by atoms with van der Waals surface area (Å²) in [5.74, 6) is -1.48. The molecule has 0 saturated carbocycles. The van der Waals surface area contributed by atoms with Crippen molar-refractivity contribution in [2.45, 2.75) is 13.1 Å². The van der Waals surface area contributed by atoms with Crippen LogP contribution in [0, 0.1) is 6.92 Å². The molecule has 0 radical (unpaired) electrons. The molecule has 0 aliphatic carbocycles. The fraction of sp³-hybridized carbons (Fsp3) is 0.0667. The summed E-state index contributed by atoms with van der Waals surface area (Å²) in [5.41, 5.74) is 6.87. The van der Waals surface area contributed by atoms with Gasteiger partial charge >= 0.3 is 6.18 Å². The number of nitrogens with two attached hydrogens (primary N) is 1. The van der Waals surface area contributed by atoms with E-state index in [2.05, 4.69) is 10.3 Å². The lowest BCUT2D eigenvalue weighted by molar-refractivity contribution is -0.140. The molecule has 0 unspecified atom stereocenters. The molecule has 2 aromatic carbocycles. The van der Waals surface area contributed by atoms with Crippen molar-refractivity contribution in [1.82, 2.24) is 14.8 Å². The Bertz CT molecular complexity index is 1950. The normalized spacial score (nSPS) is 11.6. The monoisotopic (exact) mass is 587 g/mol. The first-order chi connectivity index (χ1) is 20.1. The van der Waals surface area contributed by atoms with Crippen LogP contribution in [0.25, 0.3) is 38.5 Å². The predicted octanol–water partition coefficient (Wildman–Crippen LogP) is 7.09. The molecule has 12 heteroatoms. The number of carbonyl (C=O) groups excluding carboxylic acids is 2. The molecule has 0 atom stereocenters. The standard InChI is InChI=1S/C30H20F3N5O3S/c1-16-22(24(17-9-4-2-5-10-17)37-38(16)18-11-6-3-7-12-18)28(40)36-25-23-19(20-13-8-14-41-20)15-21(30(31,32)33)35-29(23)42-26(25)27(34)39/h2-15H,1H3,(H2,34,39)(H,36,40). The van der Waals surface area contributed by atoms with E-state index in [-0.39, 0.29) is 37.7 Å². The van der Waals surface area contributed by atoms with Gasteiger partial charge in [0.05, 0.1) is 28.9 Å². The zero-order chi connectivity index (χ0) is 29.6. The fourth-order valence-corrected chi connectivity index (χ4v) is 5.74. The van der Waals surface area contributed by atoms with E-state index < -0.39 is 23.7 Å². The largest absolute Gasteiger partial charge is 0.464 e. The second kappa shape index (κ2) is 10.3. The summed E-state index contributed by atoms with van der Waals surface area (Å²) in [6.07, 6.45) is -3.47. The van der Waals surface area contributed by atoms with Crippen molar-refractivity contribution in [3.8, 4) is 28.3 Å². The Morgan fingerprint density at radius 3 is 2.31 bits per heavy atom. The first-order valence-corrected chi connectivity index (χ1v) is 13.4. The number of amides is 2. The number of fused-ring (bicyclic) bond motifs is 1. The number of carbonyl (C=O) groups is 2. The number of nitrogens with zero attached hydrogens (tertiary/aromatic N) is 3. The van der Waals surface area contributed by atoms with Gasteiger partial charge in [-0.15, -0.1) is 11.3 Å². The number of aromatic nitrogens is 3. The second-order valence-corrected chi connectivity index (χ2v) is 10.3. The summed E-state index contributed by atoms with van der Waals surface area (Å²) in [6, 6.07) is 22.1. The van der Waals surface area contributed by atoms with Gasteiger partial charge in [0.1, 0.15) is 26.9 Å². The molecule has 0 spiro atoms. The van der Waals surface area contributed by atoms with Gasteiger partial charge in [-0.3, -0.25) is 9.59 Å². The predicted molar refractivity (Wildman–Crippen MR) is 153 cm³/mol. The zero-order valence-electron chi connectivity index (χ0n) is 21.8. The van der Waals surface area contributed by atoms with Gasteiger partial charge in [-0.05, 0) is 37.3 Å². The molecule has 0 fully saturated rings. The van der Waals surface area contributed by atoms with Crippen LogP contribution >= 0.6 is 11.3 Å². The molecule has 0 bridgehead atoms. The van der Waals surface area contributed by atoms with Gasteiger partial charge in [-0.25, -0.2) is 9.67 Å². The van der Waals surface area contributed by atoms with Crippen molar-refractivity contribution in [2.24, 2.45) is 5.73 Å². The van der Waals surface area contributed by atoms with Crippen molar-refractivity contribution in [1.29, 1.82) is 0 Å². The zero-order valence-corrected chi connectivity index (χ0v) is 22.6. The Kier molecular flexibility index (Phi) is 6.62. The van der Waals surface area contributed by atoms with Crippen LogP contribution in [0.4, 0.5) is 18.9 Å². The first kappa shape index (κ1) is 27.0. The Morgan fingerprint density at radius 2 is 1.69 bits per heavy atom. The highest BCUT2D eigenvalue weighted by Gasteiger charge is 2.36. The maximum Gasteiger partial charge on any atom is 0.433 e. The molecule has 0 saturated heterocycles. The van der Waals surface area contributed by atoms with Crippen LogP contribution in [0.3, 0.4) is 0 Å². The molecule has 4 aromatic heterocycles. The summed E-state index contributed by atoms with van der Waals surface area (Å²) < 4.78 is 48.4. The Morgan fingerprint density at radius 1 is 1.00 bits per heavy atom. The maximum absolute atomic E-state index is 14.1. The number of hydrogen-bond acceptors (Lipinski definition) is 6. The molecule has 4 heterocycles. The molecule has 3 N–H and O–H groups in total. The third-order valence-electron chi connectivity index (χ3n) is 6.59. The molecule has 0 aliphatic heterocycles. The van der Waals surface area contributed by atoms with Gasteiger partial charge < -0.3 is 15.5 Å². The number of anilines is 1. The molecule has 42 heavy (non-hydrogen) atoms. The third-order valence-corrected chi connectivity index (χ3v) is 7.69. The van der Waals surface area contributed by atoms with Crippen LogP contribution in [0.2, 0.25) is 0 Å². The number of thiophene rings is 1. The third kappa shape index (κ3) is 4.71. The number of rotatable bonds is 6. The Labute approximate surface area is 240 Å². The van der Waals surface area contributed by atoms with Crippen molar-refractivity contribution < 1.29 is 27.2 Å². The van der Waals surface area contributed by atoms with Gasteiger partial charge in [0.15, 0.2) is 0 Å². The average molecular weight is 588 g/mol. The summed E-state index contributed by atoms with van der Waals surface area (Å²) >= 11 is 0.655. The van der Waals surface area contributed by atoms with E-state index in [4.69, 9.17) is 15.2 Å². The highest BCUT2D eigenvalue weighted by molar-refractivity contribution is 7.21.